The number of hydrogen-bond acceptors (Lipinski definition) is 3. The van der Waals surface area contributed by atoms with E-state index in [-0.39, 0.29) is 12.1 Å². The van der Waals surface area contributed by atoms with E-state index >= 15 is 0 Å². The number of rotatable bonds is 6. The van der Waals surface area contributed by atoms with Gasteiger partial charge in [-0.3, -0.25) is 0 Å². The van der Waals surface area contributed by atoms with Crippen LogP contribution in [0.5, 0.6) is 0 Å². The summed E-state index contributed by atoms with van der Waals surface area (Å²) in [5.74, 6) is 0. The molecule has 1 aromatic carbocycles. The number of nitrogens with zero attached hydrogens (tertiary/aromatic N) is 1. The van der Waals surface area contributed by atoms with Gasteiger partial charge in [0.25, 0.3) is 0 Å². The van der Waals surface area contributed by atoms with Crippen LogP contribution < -0.4 is 10.6 Å². The van der Waals surface area contributed by atoms with Crippen LogP contribution in [0.3, 0.4) is 0 Å². The third kappa shape index (κ3) is 3.43. The van der Waals surface area contributed by atoms with Gasteiger partial charge in [0.2, 0.25) is 0 Å². The molecule has 1 aromatic rings. The average Bonchev–Trinajstić information content (AvgIpc) is 3.22. The van der Waals surface area contributed by atoms with E-state index in [0.717, 1.165) is 24.6 Å². The van der Waals surface area contributed by atoms with E-state index in [1.165, 1.54) is 6.07 Å². The van der Waals surface area contributed by atoms with Crippen LogP contribution in [0, 0.1) is 0 Å². The fourth-order valence-corrected chi connectivity index (χ4v) is 2.30. The monoisotopic (exact) mass is 288 g/mol. The maximum Gasteiger partial charge on any atom is 0.416 e. The Balaban J connectivity index is 2.27. The standard InChI is InChI=1S/C14H19F3N2O/c1-20-7-6-19(11-2-3-11)12-4-5-13(14(15,16)17)10(8-12)9-18/h4-5,8,11H,2-3,6-7,9,18H2,1H3. The maximum absolute atomic E-state index is 12.9. The maximum atomic E-state index is 12.9. The van der Waals surface area contributed by atoms with Gasteiger partial charge in [0.1, 0.15) is 0 Å². The topological polar surface area (TPSA) is 38.5 Å². The van der Waals surface area contributed by atoms with Crippen molar-refractivity contribution in [2.75, 3.05) is 25.2 Å². The van der Waals surface area contributed by atoms with E-state index in [0.29, 0.717) is 19.2 Å². The van der Waals surface area contributed by atoms with Crippen molar-refractivity contribution in [2.24, 2.45) is 5.73 Å². The molecule has 1 aliphatic rings. The minimum absolute atomic E-state index is 0.120. The molecule has 112 valence electrons. The molecule has 0 aliphatic heterocycles. The lowest BCUT2D eigenvalue weighted by Crippen LogP contribution is -2.29. The van der Waals surface area contributed by atoms with Crippen LogP contribution in [0.1, 0.15) is 24.0 Å². The molecule has 0 radical (unpaired) electrons. The quantitative estimate of drug-likeness (QED) is 0.874. The summed E-state index contributed by atoms with van der Waals surface area (Å²) in [6, 6.07) is 4.61. The van der Waals surface area contributed by atoms with Gasteiger partial charge in [-0.25, -0.2) is 0 Å². The predicted molar refractivity (Wildman–Crippen MR) is 71.6 cm³/mol. The van der Waals surface area contributed by atoms with Crippen LogP contribution in [0.15, 0.2) is 18.2 Å². The summed E-state index contributed by atoms with van der Waals surface area (Å²) in [6.07, 6.45) is -2.21. The molecule has 1 aliphatic carbocycles. The highest BCUT2D eigenvalue weighted by Crippen LogP contribution is 2.36. The van der Waals surface area contributed by atoms with Gasteiger partial charge in [-0.05, 0) is 36.6 Å². The van der Waals surface area contributed by atoms with Crippen molar-refractivity contribution in [3.8, 4) is 0 Å². The Hall–Kier alpha value is -1.27. The minimum atomic E-state index is -4.36. The predicted octanol–water partition coefficient (Wildman–Crippen LogP) is 2.78. The molecule has 20 heavy (non-hydrogen) atoms. The number of benzene rings is 1. The van der Waals surface area contributed by atoms with Crippen molar-refractivity contribution in [3.05, 3.63) is 29.3 Å². The Morgan fingerprint density at radius 3 is 2.55 bits per heavy atom. The number of ether oxygens (including phenoxy) is 1. The normalized spacial score (nSPS) is 15.4. The first-order valence-electron chi connectivity index (χ1n) is 6.63. The summed E-state index contributed by atoms with van der Waals surface area (Å²) >= 11 is 0. The second kappa shape index (κ2) is 6.01. The summed E-state index contributed by atoms with van der Waals surface area (Å²) in [5.41, 5.74) is 5.74. The van der Waals surface area contributed by atoms with Gasteiger partial charge >= 0.3 is 6.18 Å². The van der Waals surface area contributed by atoms with Gasteiger partial charge in [0.05, 0.1) is 12.2 Å². The molecule has 0 bridgehead atoms. The number of hydrogen-bond donors (Lipinski definition) is 1. The molecular weight excluding hydrogens is 269 g/mol. The third-order valence-corrected chi connectivity index (χ3v) is 3.47. The number of anilines is 1. The van der Waals surface area contributed by atoms with Crippen molar-refractivity contribution >= 4 is 5.69 Å². The second-order valence-electron chi connectivity index (χ2n) is 4.96. The zero-order chi connectivity index (χ0) is 14.8. The number of methoxy groups -OCH3 is 1. The number of nitrogens with two attached hydrogens (primary N) is 1. The van der Waals surface area contributed by atoms with E-state index in [2.05, 4.69) is 4.90 Å². The Morgan fingerprint density at radius 2 is 2.05 bits per heavy atom. The van der Waals surface area contributed by atoms with Crippen LogP contribution >= 0.6 is 0 Å². The first kappa shape index (κ1) is 15.1. The van der Waals surface area contributed by atoms with Crippen molar-refractivity contribution in [2.45, 2.75) is 31.6 Å². The van der Waals surface area contributed by atoms with E-state index in [4.69, 9.17) is 10.5 Å². The van der Waals surface area contributed by atoms with Crippen molar-refractivity contribution in [3.63, 3.8) is 0 Å². The molecule has 0 aromatic heterocycles. The van der Waals surface area contributed by atoms with Crippen LogP contribution in [0.4, 0.5) is 18.9 Å². The molecule has 1 fully saturated rings. The summed E-state index contributed by atoms with van der Waals surface area (Å²) in [7, 11) is 1.61. The van der Waals surface area contributed by atoms with Gasteiger partial charge in [-0.1, -0.05) is 0 Å². The molecule has 1 saturated carbocycles. The largest absolute Gasteiger partial charge is 0.416 e. The highest BCUT2D eigenvalue weighted by atomic mass is 19.4. The van der Waals surface area contributed by atoms with Gasteiger partial charge in [-0.2, -0.15) is 13.2 Å². The van der Waals surface area contributed by atoms with E-state index < -0.39 is 11.7 Å². The van der Waals surface area contributed by atoms with Crippen LogP contribution in [-0.2, 0) is 17.5 Å². The first-order valence-corrected chi connectivity index (χ1v) is 6.63. The zero-order valence-electron chi connectivity index (χ0n) is 11.4. The summed E-state index contributed by atoms with van der Waals surface area (Å²) in [6.45, 7) is 1.11. The fourth-order valence-electron chi connectivity index (χ4n) is 2.30. The summed E-state index contributed by atoms with van der Waals surface area (Å²) in [5, 5.41) is 0. The lowest BCUT2D eigenvalue weighted by Gasteiger charge is -2.25. The highest BCUT2D eigenvalue weighted by molar-refractivity contribution is 5.53. The van der Waals surface area contributed by atoms with E-state index in [1.54, 1.807) is 13.2 Å². The van der Waals surface area contributed by atoms with Crippen molar-refractivity contribution in [1.82, 2.24) is 0 Å². The van der Waals surface area contributed by atoms with Gasteiger partial charge in [-0.15, -0.1) is 0 Å². The molecule has 2 rings (SSSR count). The van der Waals surface area contributed by atoms with Crippen LogP contribution in [0.2, 0.25) is 0 Å². The summed E-state index contributed by atoms with van der Waals surface area (Å²) in [4.78, 5) is 2.10. The fraction of sp³-hybridized carbons (Fsp3) is 0.571. The Kier molecular flexibility index (Phi) is 4.55. The van der Waals surface area contributed by atoms with E-state index in [1.807, 2.05) is 0 Å². The average molecular weight is 288 g/mol. The molecule has 0 atom stereocenters. The molecule has 3 nitrogen and oxygen atoms in total. The Bertz CT molecular complexity index is 458. The summed E-state index contributed by atoms with van der Waals surface area (Å²) < 4.78 is 43.6. The van der Waals surface area contributed by atoms with Crippen LogP contribution in [0.25, 0.3) is 0 Å². The molecule has 0 amide bonds. The SMILES string of the molecule is COCCN(c1ccc(C(F)(F)F)c(CN)c1)C1CC1. The van der Waals surface area contributed by atoms with Crippen LogP contribution in [-0.4, -0.2) is 26.3 Å². The Morgan fingerprint density at radius 1 is 1.35 bits per heavy atom. The molecule has 0 spiro atoms. The molecule has 0 saturated heterocycles. The second-order valence-corrected chi connectivity index (χ2v) is 4.96. The van der Waals surface area contributed by atoms with Gasteiger partial charge < -0.3 is 15.4 Å². The molecular formula is C14H19F3N2O. The van der Waals surface area contributed by atoms with Gasteiger partial charge in [0.15, 0.2) is 0 Å². The number of halogens is 3. The van der Waals surface area contributed by atoms with E-state index in [9.17, 15) is 13.2 Å². The highest BCUT2D eigenvalue weighted by Gasteiger charge is 2.34. The Labute approximate surface area is 116 Å². The lowest BCUT2D eigenvalue weighted by atomic mass is 10.1. The van der Waals surface area contributed by atoms with Gasteiger partial charge in [0, 0.05) is 31.9 Å². The zero-order valence-corrected chi connectivity index (χ0v) is 11.4. The van der Waals surface area contributed by atoms with Crippen molar-refractivity contribution < 1.29 is 17.9 Å². The molecule has 0 heterocycles. The molecule has 2 N–H and O–H groups in total. The first-order chi connectivity index (χ1) is 9.47. The number of alkyl halides is 3. The smallest absolute Gasteiger partial charge is 0.383 e. The van der Waals surface area contributed by atoms with Crippen molar-refractivity contribution in [1.29, 1.82) is 0 Å². The minimum Gasteiger partial charge on any atom is -0.383 e. The molecule has 0 unspecified atom stereocenters. The molecule has 6 heteroatoms. The third-order valence-electron chi connectivity index (χ3n) is 3.47. The lowest BCUT2D eigenvalue weighted by molar-refractivity contribution is -0.138.